The lowest BCUT2D eigenvalue weighted by Gasteiger charge is -2.12. The van der Waals surface area contributed by atoms with E-state index >= 15 is 0 Å². The predicted molar refractivity (Wildman–Crippen MR) is 129 cm³/mol. The summed E-state index contributed by atoms with van der Waals surface area (Å²) in [5.74, 6) is 1.74. The van der Waals surface area contributed by atoms with Crippen LogP contribution in [-0.2, 0) is 13.0 Å². The number of benzene rings is 2. The fraction of sp³-hybridized carbons (Fsp3) is 0.409. The minimum atomic E-state index is 0. The van der Waals surface area contributed by atoms with Crippen molar-refractivity contribution in [3.8, 4) is 5.75 Å². The van der Waals surface area contributed by atoms with Crippen LogP contribution >= 0.6 is 24.0 Å². The number of nitrogens with zero attached hydrogens (tertiary/aromatic N) is 2. The SMILES string of the molecule is CCNC(=NCc1cccc(OCCN(C)C)c1)NCCc1ccccc1.I. The first-order valence-electron chi connectivity index (χ1n) is 9.60. The molecule has 0 atom stereocenters. The number of hydrogen-bond acceptors (Lipinski definition) is 3. The molecule has 0 heterocycles. The van der Waals surface area contributed by atoms with Gasteiger partial charge in [-0.15, -0.1) is 24.0 Å². The van der Waals surface area contributed by atoms with Gasteiger partial charge in [-0.3, -0.25) is 0 Å². The molecule has 2 aromatic carbocycles. The lowest BCUT2D eigenvalue weighted by atomic mass is 10.1. The topological polar surface area (TPSA) is 48.9 Å². The third-order valence-corrected chi connectivity index (χ3v) is 4.02. The molecule has 6 heteroatoms. The molecule has 0 bridgehead atoms. The van der Waals surface area contributed by atoms with Crippen LogP contribution in [0.5, 0.6) is 5.75 Å². The maximum Gasteiger partial charge on any atom is 0.191 e. The van der Waals surface area contributed by atoms with Crippen LogP contribution in [0, 0.1) is 0 Å². The summed E-state index contributed by atoms with van der Waals surface area (Å²) in [7, 11) is 4.09. The van der Waals surface area contributed by atoms with E-state index in [1.54, 1.807) is 0 Å². The zero-order valence-corrected chi connectivity index (χ0v) is 19.5. The van der Waals surface area contributed by atoms with Crippen molar-refractivity contribution in [2.75, 3.05) is 40.3 Å². The Hall–Kier alpha value is -1.80. The molecule has 0 unspecified atom stereocenters. The number of halogens is 1. The molecule has 0 fully saturated rings. The molecule has 0 spiro atoms. The van der Waals surface area contributed by atoms with Gasteiger partial charge in [0.15, 0.2) is 5.96 Å². The Kier molecular flexibility index (Phi) is 12.3. The number of likely N-dealkylation sites (N-methyl/N-ethyl adjacent to an activating group) is 1. The first kappa shape index (κ1) is 24.2. The summed E-state index contributed by atoms with van der Waals surface area (Å²) in [6, 6.07) is 18.6. The maximum absolute atomic E-state index is 5.80. The summed E-state index contributed by atoms with van der Waals surface area (Å²) >= 11 is 0. The van der Waals surface area contributed by atoms with Crippen molar-refractivity contribution >= 4 is 29.9 Å². The van der Waals surface area contributed by atoms with E-state index in [4.69, 9.17) is 9.73 Å². The molecule has 2 rings (SSSR count). The van der Waals surface area contributed by atoms with Crippen molar-refractivity contribution in [3.05, 3.63) is 65.7 Å². The van der Waals surface area contributed by atoms with E-state index in [1.807, 2.05) is 32.3 Å². The summed E-state index contributed by atoms with van der Waals surface area (Å²) in [6.45, 7) is 5.97. The Labute approximate surface area is 186 Å². The summed E-state index contributed by atoms with van der Waals surface area (Å²) in [5, 5.41) is 6.71. The van der Waals surface area contributed by atoms with Crippen LogP contribution in [0.1, 0.15) is 18.1 Å². The minimum Gasteiger partial charge on any atom is -0.492 e. The molecule has 0 radical (unpaired) electrons. The summed E-state index contributed by atoms with van der Waals surface area (Å²) in [5.41, 5.74) is 2.46. The molecule has 2 aromatic rings. The molecule has 154 valence electrons. The van der Waals surface area contributed by atoms with Crippen molar-refractivity contribution in [1.82, 2.24) is 15.5 Å². The fourth-order valence-electron chi connectivity index (χ4n) is 2.56. The van der Waals surface area contributed by atoms with Crippen LogP contribution in [0.15, 0.2) is 59.6 Å². The normalized spacial score (nSPS) is 11.1. The number of rotatable bonds is 10. The molecular formula is C22H33IN4O. The second-order valence-corrected chi connectivity index (χ2v) is 6.66. The Morgan fingerprint density at radius 1 is 1.00 bits per heavy atom. The molecule has 2 N–H and O–H groups in total. The molecule has 0 saturated carbocycles. The molecule has 5 nitrogen and oxygen atoms in total. The van der Waals surface area contributed by atoms with E-state index in [0.29, 0.717) is 13.2 Å². The lowest BCUT2D eigenvalue weighted by molar-refractivity contribution is 0.261. The number of ether oxygens (including phenoxy) is 1. The molecule has 0 amide bonds. The molecule has 28 heavy (non-hydrogen) atoms. The number of guanidine groups is 1. The van der Waals surface area contributed by atoms with Gasteiger partial charge in [-0.1, -0.05) is 42.5 Å². The highest BCUT2D eigenvalue weighted by Crippen LogP contribution is 2.14. The van der Waals surface area contributed by atoms with Gasteiger partial charge in [-0.05, 0) is 50.7 Å². The highest BCUT2D eigenvalue weighted by molar-refractivity contribution is 14.0. The Morgan fingerprint density at radius 2 is 1.75 bits per heavy atom. The molecule has 0 aliphatic heterocycles. The van der Waals surface area contributed by atoms with E-state index in [2.05, 4.69) is 58.9 Å². The van der Waals surface area contributed by atoms with Gasteiger partial charge in [0.25, 0.3) is 0 Å². The zero-order chi connectivity index (χ0) is 19.3. The largest absolute Gasteiger partial charge is 0.492 e. The van der Waals surface area contributed by atoms with Crippen molar-refractivity contribution < 1.29 is 4.74 Å². The van der Waals surface area contributed by atoms with Crippen molar-refractivity contribution in [2.45, 2.75) is 19.9 Å². The van der Waals surface area contributed by atoms with Crippen LogP contribution < -0.4 is 15.4 Å². The Morgan fingerprint density at radius 3 is 2.46 bits per heavy atom. The van der Waals surface area contributed by atoms with Crippen molar-refractivity contribution in [3.63, 3.8) is 0 Å². The quantitative estimate of drug-likeness (QED) is 0.300. The summed E-state index contributed by atoms with van der Waals surface area (Å²) < 4.78 is 5.80. The number of nitrogens with one attached hydrogen (secondary N) is 2. The second kappa shape index (κ2) is 14.2. The van der Waals surface area contributed by atoms with E-state index in [0.717, 1.165) is 43.3 Å². The Balaban J connectivity index is 0.00000392. The summed E-state index contributed by atoms with van der Waals surface area (Å²) in [6.07, 6.45) is 0.973. The van der Waals surface area contributed by atoms with Crippen LogP contribution in [0.25, 0.3) is 0 Å². The highest BCUT2D eigenvalue weighted by atomic mass is 127. The molecule has 0 aliphatic rings. The monoisotopic (exact) mass is 496 g/mol. The van der Waals surface area contributed by atoms with Gasteiger partial charge in [-0.2, -0.15) is 0 Å². The second-order valence-electron chi connectivity index (χ2n) is 6.66. The number of aliphatic imine (C=N–C) groups is 1. The highest BCUT2D eigenvalue weighted by Gasteiger charge is 2.00. The molecule has 0 aliphatic carbocycles. The van der Waals surface area contributed by atoms with Gasteiger partial charge in [0.1, 0.15) is 12.4 Å². The van der Waals surface area contributed by atoms with Crippen LogP contribution in [-0.4, -0.2) is 51.2 Å². The number of hydrogen-bond donors (Lipinski definition) is 2. The first-order valence-corrected chi connectivity index (χ1v) is 9.60. The third-order valence-electron chi connectivity index (χ3n) is 4.02. The van der Waals surface area contributed by atoms with Gasteiger partial charge in [-0.25, -0.2) is 4.99 Å². The van der Waals surface area contributed by atoms with E-state index in [1.165, 1.54) is 5.56 Å². The first-order chi connectivity index (χ1) is 13.2. The van der Waals surface area contributed by atoms with E-state index in [9.17, 15) is 0 Å². The van der Waals surface area contributed by atoms with Crippen molar-refractivity contribution in [2.24, 2.45) is 4.99 Å². The van der Waals surface area contributed by atoms with Gasteiger partial charge in [0.2, 0.25) is 0 Å². The van der Waals surface area contributed by atoms with Gasteiger partial charge in [0.05, 0.1) is 6.54 Å². The standard InChI is InChI=1S/C22H32N4O.HI/c1-4-23-22(24-14-13-19-9-6-5-7-10-19)25-18-20-11-8-12-21(17-20)27-16-15-26(2)3;/h5-12,17H,4,13-16,18H2,1-3H3,(H2,23,24,25);1H. The van der Waals surface area contributed by atoms with Crippen LogP contribution in [0.3, 0.4) is 0 Å². The van der Waals surface area contributed by atoms with E-state index in [-0.39, 0.29) is 24.0 Å². The van der Waals surface area contributed by atoms with Crippen LogP contribution in [0.2, 0.25) is 0 Å². The van der Waals surface area contributed by atoms with Gasteiger partial charge >= 0.3 is 0 Å². The average Bonchev–Trinajstić information content (AvgIpc) is 2.67. The molecular weight excluding hydrogens is 463 g/mol. The lowest BCUT2D eigenvalue weighted by Crippen LogP contribution is -2.38. The molecule has 0 saturated heterocycles. The zero-order valence-electron chi connectivity index (χ0n) is 17.1. The minimum absolute atomic E-state index is 0. The molecule has 0 aromatic heterocycles. The van der Waals surface area contributed by atoms with Crippen LogP contribution in [0.4, 0.5) is 0 Å². The fourth-order valence-corrected chi connectivity index (χ4v) is 2.56. The van der Waals surface area contributed by atoms with Gasteiger partial charge < -0.3 is 20.3 Å². The van der Waals surface area contributed by atoms with Crippen molar-refractivity contribution in [1.29, 1.82) is 0 Å². The van der Waals surface area contributed by atoms with Gasteiger partial charge in [0, 0.05) is 19.6 Å². The third kappa shape index (κ3) is 9.94. The van der Waals surface area contributed by atoms with E-state index < -0.39 is 0 Å². The maximum atomic E-state index is 5.80. The average molecular weight is 496 g/mol. The smallest absolute Gasteiger partial charge is 0.191 e. The predicted octanol–water partition coefficient (Wildman–Crippen LogP) is 3.54. The summed E-state index contributed by atoms with van der Waals surface area (Å²) in [4.78, 5) is 6.80. The Bertz CT molecular complexity index is 692.